The maximum atomic E-state index is 12.0. The molecule has 0 fully saturated rings. The summed E-state index contributed by atoms with van der Waals surface area (Å²) in [6, 6.07) is 9.83. The van der Waals surface area contributed by atoms with E-state index in [2.05, 4.69) is 10.4 Å². The number of amides is 1. The molecule has 0 saturated heterocycles. The fourth-order valence-corrected chi connectivity index (χ4v) is 3.27. The molecule has 0 aliphatic carbocycles. The molecule has 0 aliphatic rings. The first-order chi connectivity index (χ1) is 11.9. The minimum Gasteiger partial charge on any atom is -0.452 e. The lowest BCUT2D eigenvalue weighted by molar-refractivity contribution is -0.152. The van der Waals surface area contributed by atoms with E-state index in [0.717, 1.165) is 22.0 Å². The van der Waals surface area contributed by atoms with E-state index in [4.69, 9.17) is 4.74 Å². The van der Waals surface area contributed by atoms with Gasteiger partial charge in [0.25, 0.3) is 5.91 Å². The highest BCUT2D eigenvalue weighted by Crippen LogP contribution is 2.28. The van der Waals surface area contributed by atoms with Crippen LogP contribution in [0.4, 0.5) is 0 Å². The lowest BCUT2D eigenvalue weighted by atomic mass is 10.3. The predicted octanol–water partition coefficient (Wildman–Crippen LogP) is 2.65. The third kappa shape index (κ3) is 4.85. The van der Waals surface area contributed by atoms with Crippen molar-refractivity contribution in [3.63, 3.8) is 0 Å². The second-order valence-corrected chi connectivity index (χ2v) is 6.55. The zero-order valence-corrected chi connectivity index (χ0v) is 15.7. The summed E-state index contributed by atoms with van der Waals surface area (Å²) in [5.74, 6) is -0.577. The minimum absolute atomic E-state index is 0.131. The zero-order valence-electron chi connectivity index (χ0n) is 14.9. The van der Waals surface area contributed by atoms with Gasteiger partial charge in [-0.25, -0.2) is 4.68 Å². The van der Waals surface area contributed by atoms with Crippen LogP contribution in [0.3, 0.4) is 0 Å². The number of para-hydroxylation sites is 1. The molecule has 6 nitrogen and oxygen atoms in total. The average molecular weight is 361 g/mol. The van der Waals surface area contributed by atoms with E-state index < -0.39 is 12.1 Å². The summed E-state index contributed by atoms with van der Waals surface area (Å²) in [4.78, 5) is 24.5. The Morgan fingerprint density at radius 2 is 1.96 bits per heavy atom. The highest BCUT2D eigenvalue weighted by atomic mass is 32.2. The van der Waals surface area contributed by atoms with Gasteiger partial charge in [-0.05, 0) is 39.8 Å². The van der Waals surface area contributed by atoms with E-state index in [0.29, 0.717) is 6.54 Å². The van der Waals surface area contributed by atoms with Gasteiger partial charge in [-0.15, -0.1) is 11.8 Å². The molecule has 1 aromatic carbocycles. The molecule has 1 aromatic heterocycles. The average Bonchev–Trinajstić information content (AvgIpc) is 2.88. The van der Waals surface area contributed by atoms with E-state index in [9.17, 15) is 9.59 Å². The number of rotatable bonds is 7. The van der Waals surface area contributed by atoms with Crippen molar-refractivity contribution in [2.75, 3.05) is 12.3 Å². The Bertz CT molecular complexity index is 744. The summed E-state index contributed by atoms with van der Waals surface area (Å²) in [6.45, 7) is 7.78. The van der Waals surface area contributed by atoms with Gasteiger partial charge in [-0.3, -0.25) is 9.59 Å². The maximum Gasteiger partial charge on any atom is 0.317 e. The van der Waals surface area contributed by atoms with E-state index in [1.807, 2.05) is 55.8 Å². The van der Waals surface area contributed by atoms with E-state index in [-0.39, 0.29) is 11.7 Å². The normalized spacial score (nSPS) is 11.8. The summed E-state index contributed by atoms with van der Waals surface area (Å²) in [5.41, 5.74) is 2.80. The smallest absolute Gasteiger partial charge is 0.317 e. The number of esters is 1. The number of ether oxygens (including phenoxy) is 1. The number of aromatic nitrogens is 2. The van der Waals surface area contributed by atoms with Gasteiger partial charge in [0, 0.05) is 6.54 Å². The third-order valence-electron chi connectivity index (χ3n) is 3.59. The molecule has 0 saturated carbocycles. The lowest BCUT2D eigenvalue weighted by Gasteiger charge is -2.12. The van der Waals surface area contributed by atoms with Crippen molar-refractivity contribution in [3.05, 3.63) is 41.7 Å². The largest absolute Gasteiger partial charge is 0.452 e. The molecule has 2 rings (SSSR count). The number of aryl methyl sites for hydroxylation is 1. The lowest BCUT2D eigenvalue weighted by Crippen LogP contribution is -2.35. The fraction of sp³-hybridized carbons (Fsp3) is 0.389. The molecular weight excluding hydrogens is 338 g/mol. The fourth-order valence-electron chi connectivity index (χ4n) is 2.39. The van der Waals surface area contributed by atoms with Crippen molar-refractivity contribution in [2.45, 2.75) is 38.7 Å². The van der Waals surface area contributed by atoms with Gasteiger partial charge in [0.2, 0.25) is 0 Å². The van der Waals surface area contributed by atoms with Crippen LogP contribution in [0.1, 0.15) is 25.2 Å². The van der Waals surface area contributed by atoms with Crippen LogP contribution in [0.5, 0.6) is 0 Å². The van der Waals surface area contributed by atoms with Gasteiger partial charge >= 0.3 is 5.97 Å². The Balaban J connectivity index is 2.01. The van der Waals surface area contributed by atoms with Gasteiger partial charge in [-0.2, -0.15) is 5.10 Å². The van der Waals surface area contributed by atoms with Gasteiger partial charge in [-0.1, -0.05) is 18.2 Å². The van der Waals surface area contributed by atoms with Crippen molar-refractivity contribution in [2.24, 2.45) is 0 Å². The number of benzene rings is 1. The van der Waals surface area contributed by atoms with Crippen molar-refractivity contribution in [1.82, 2.24) is 15.1 Å². The minimum atomic E-state index is -0.790. The number of likely N-dealkylation sites (N-methyl/N-ethyl adjacent to an activating group) is 1. The Kier molecular flexibility index (Phi) is 6.64. The van der Waals surface area contributed by atoms with Crippen LogP contribution in [-0.2, 0) is 14.3 Å². The predicted molar refractivity (Wildman–Crippen MR) is 98.0 cm³/mol. The molecule has 1 N–H and O–H groups in total. The summed E-state index contributed by atoms with van der Waals surface area (Å²) in [7, 11) is 0. The third-order valence-corrected chi connectivity index (χ3v) is 4.85. The molecule has 0 bridgehead atoms. The molecule has 1 atom stereocenters. The number of carbonyl (C=O) groups is 2. The highest BCUT2D eigenvalue weighted by Gasteiger charge is 2.19. The van der Waals surface area contributed by atoms with Crippen molar-refractivity contribution < 1.29 is 14.3 Å². The molecule has 134 valence electrons. The Hall–Kier alpha value is -2.28. The topological polar surface area (TPSA) is 73.2 Å². The van der Waals surface area contributed by atoms with Crippen LogP contribution in [0.2, 0.25) is 0 Å². The Morgan fingerprint density at radius 3 is 2.60 bits per heavy atom. The zero-order chi connectivity index (χ0) is 18.4. The molecule has 0 unspecified atom stereocenters. The van der Waals surface area contributed by atoms with Crippen LogP contribution in [0.15, 0.2) is 35.2 Å². The SMILES string of the molecule is CCNC(=O)[C@H](C)OC(=O)CSc1c(C)nn(-c2ccccc2)c1C. The van der Waals surface area contributed by atoms with E-state index in [1.54, 1.807) is 6.92 Å². The van der Waals surface area contributed by atoms with Crippen molar-refractivity contribution >= 4 is 23.6 Å². The quantitative estimate of drug-likeness (QED) is 0.606. The van der Waals surface area contributed by atoms with Crippen LogP contribution in [0, 0.1) is 13.8 Å². The molecule has 0 radical (unpaired) electrons. The van der Waals surface area contributed by atoms with Crippen molar-refractivity contribution in [3.8, 4) is 5.69 Å². The Morgan fingerprint density at radius 1 is 1.28 bits per heavy atom. The first kappa shape index (κ1) is 19.1. The van der Waals surface area contributed by atoms with Gasteiger partial charge in [0.05, 0.1) is 27.7 Å². The van der Waals surface area contributed by atoms with Crippen LogP contribution in [-0.4, -0.2) is 40.1 Å². The van der Waals surface area contributed by atoms with Gasteiger partial charge < -0.3 is 10.1 Å². The van der Waals surface area contributed by atoms with Gasteiger partial charge in [0.15, 0.2) is 6.10 Å². The van der Waals surface area contributed by atoms with E-state index in [1.165, 1.54) is 11.8 Å². The summed E-state index contributed by atoms with van der Waals surface area (Å²) in [5, 5.41) is 7.18. The summed E-state index contributed by atoms with van der Waals surface area (Å²) < 4.78 is 7.02. The first-order valence-corrected chi connectivity index (χ1v) is 9.14. The molecule has 1 amide bonds. The summed E-state index contributed by atoms with van der Waals surface area (Å²) >= 11 is 1.37. The summed E-state index contributed by atoms with van der Waals surface area (Å²) in [6.07, 6.45) is -0.790. The number of nitrogens with zero attached hydrogens (tertiary/aromatic N) is 2. The number of thioether (sulfide) groups is 1. The molecule has 25 heavy (non-hydrogen) atoms. The molecule has 7 heteroatoms. The Labute approximate surface area is 151 Å². The highest BCUT2D eigenvalue weighted by molar-refractivity contribution is 8.00. The molecule has 1 heterocycles. The van der Waals surface area contributed by atoms with Crippen LogP contribution in [0.25, 0.3) is 5.69 Å². The number of hydrogen-bond acceptors (Lipinski definition) is 5. The van der Waals surface area contributed by atoms with E-state index >= 15 is 0 Å². The number of hydrogen-bond donors (Lipinski definition) is 1. The molecule has 2 aromatic rings. The van der Waals surface area contributed by atoms with Gasteiger partial charge in [0.1, 0.15) is 0 Å². The molecule has 0 aliphatic heterocycles. The second kappa shape index (κ2) is 8.71. The number of nitrogens with one attached hydrogen (secondary N) is 1. The van der Waals surface area contributed by atoms with Crippen LogP contribution < -0.4 is 5.32 Å². The van der Waals surface area contributed by atoms with Crippen molar-refractivity contribution in [1.29, 1.82) is 0 Å². The molecule has 0 spiro atoms. The monoisotopic (exact) mass is 361 g/mol. The maximum absolute atomic E-state index is 12.0. The molecular formula is C18H23N3O3S. The van der Waals surface area contributed by atoms with Crippen LogP contribution >= 0.6 is 11.8 Å². The second-order valence-electron chi connectivity index (χ2n) is 5.56. The first-order valence-electron chi connectivity index (χ1n) is 8.15. The number of carbonyl (C=O) groups excluding carboxylic acids is 2. The standard InChI is InChI=1S/C18H23N3O3S/c1-5-19-18(23)14(4)24-16(22)11-25-17-12(2)20-21(13(17)3)15-9-7-6-8-10-15/h6-10,14H,5,11H2,1-4H3,(H,19,23)/t14-/m0/s1.